The van der Waals surface area contributed by atoms with E-state index in [9.17, 15) is 0 Å². The summed E-state index contributed by atoms with van der Waals surface area (Å²) in [7, 11) is 0. The van der Waals surface area contributed by atoms with Crippen molar-refractivity contribution < 1.29 is 9.15 Å². The first-order valence-corrected chi connectivity index (χ1v) is 11.6. The van der Waals surface area contributed by atoms with Crippen LogP contribution in [0.2, 0.25) is 0 Å². The third-order valence-electron chi connectivity index (χ3n) is 6.92. The summed E-state index contributed by atoms with van der Waals surface area (Å²) < 4.78 is 13.1. The Morgan fingerprint density at radius 1 is 1.03 bits per heavy atom. The topological polar surface area (TPSA) is 49.4 Å². The second kappa shape index (κ2) is 8.30. The molecule has 2 saturated heterocycles. The van der Waals surface area contributed by atoms with Crippen molar-refractivity contribution in [2.45, 2.75) is 25.4 Å². The average molecular weight is 422 g/mol. The largest absolute Gasteiger partial charge is 0.472 e. The van der Waals surface area contributed by atoms with Crippen LogP contribution in [0.3, 0.4) is 0 Å². The van der Waals surface area contributed by atoms with Crippen molar-refractivity contribution in [2.75, 3.05) is 57.4 Å². The second-order valence-corrected chi connectivity index (χ2v) is 9.20. The number of hydrogen-bond donors (Lipinski definition) is 0. The van der Waals surface area contributed by atoms with Crippen LogP contribution in [-0.2, 0) is 11.3 Å². The van der Waals surface area contributed by atoms with Crippen molar-refractivity contribution in [1.29, 1.82) is 0 Å². The fraction of sp³-hybridized carbons (Fsp3) is 0.542. The highest BCUT2D eigenvalue weighted by molar-refractivity contribution is 5.53. The van der Waals surface area contributed by atoms with E-state index in [0.717, 1.165) is 64.0 Å². The number of ether oxygens (including phenoxy) is 1. The molecule has 3 aliphatic rings. The van der Waals surface area contributed by atoms with Gasteiger partial charge in [-0.2, -0.15) is 0 Å². The maximum Gasteiger partial charge on any atom is 0.138 e. The molecule has 0 N–H and O–H groups in total. The van der Waals surface area contributed by atoms with Gasteiger partial charge in [0.05, 0.1) is 37.5 Å². The van der Waals surface area contributed by atoms with Gasteiger partial charge in [0.15, 0.2) is 0 Å². The van der Waals surface area contributed by atoms with E-state index in [2.05, 4.69) is 49.6 Å². The van der Waals surface area contributed by atoms with Crippen LogP contribution in [0.4, 0.5) is 5.82 Å². The summed E-state index contributed by atoms with van der Waals surface area (Å²) in [4.78, 5) is 12.8. The Morgan fingerprint density at radius 3 is 2.74 bits per heavy atom. The molecule has 3 aromatic rings. The van der Waals surface area contributed by atoms with Crippen molar-refractivity contribution in [2.24, 2.45) is 5.92 Å². The lowest BCUT2D eigenvalue weighted by molar-refractivity contribution is 0.0639. The van der Waals surface area contributed by atoms with Gasteiger partial charge in [0, 0.05) is 57.6 Å². The van der Waals surface area contributed by atoms with Crippen LogP contribution in [0.1, 0.15) is 30.1 Å². The third kappa shape index (κ3) is 4.10. The molecule has 3 fully saturated rings. The van der Waals surface area contributed by atoms with Crippen molar-refractivity contribution in [3.63, 3.8) is 0 Å². The molecule has 2 aliphatic heterocycles. The van der Waals surface area contributed by atoms with Gasteiger partial charge in [-0.25, -0.2) is 4.98 Å². The van der Waals surface area contributed by atoms with E-state index in [1.165, 1.54) is 36.5 Å². The molecule has 5 heterocycles. The molecule has 6 rings (SSSR count). The molecule has 0 radical (unpaired) electrons. The fourth-order valence-corrected chi connectivity index (χ4v) is 5.02. The Kier molecular flexibility index (Phi) is 5.18. The van der Waals surface area contributed by atoms with E-state index in [1.807, 2.05) is 6.26 Å². The number of hydrogen-bond acceptors (Lipinski definition) is 6. The third-order valence-corrected chi connectivity index (χ3v) is 6.92. The predicted molar refractivity (Wildman–Crippen MR) is 119 cm³/mol. The highest BCUT2D eigenvalue weighted by Gasteiger charge is 2.34. The molecular formula is C24H31N5O2. The molecular weight excluding hydrogens is 390 g/mol. The number of aromatic nitrogens is 2. The Bertz CT molecular complexity index is 1010. The molecule has 0 bridgehead atoms. The molecule has 0 unspecified atom stereocenters. The maximum absolute atomic E-state index is 5.56. The van der Waals surface area contributed by atoms with Gasteiger partial charge in [-0.05, 0) is 37.0 Å². The number of anilines is 1. The van der Waals surface area contributed by atoms with Crippen molar-refractivity contribution in [1.82, 2.24) is 19.2 Å². The molecule has 0 aromatic carbocycles. The van der Waals surface area contributed by atoms with Gasteiger partial charge in [0.1, 0.15) is 11.5 Å². The molecule has 1 aliphatic carbocycles. The summed E-state index contributed by atoms with van der Waals surface area (Å²) in [5.41, 5.74) is 3.48. The van der Waals surface area contributed by atoms with Gasteiger partial charge < -0.3 is 14.1 Å². The van der Waals surface area contributed by atoms with Crippen molar-refractivity contribution in [3.8, 4) is 0 Å². The van der Waals surface area contributed by atoms with Crippen LogP contribution < -0.4 is 4.90 Å². The van der Waals surface area contributed by atoms with Crippen LogP contribution in [0.5, 0.6) is 0 Å². The standard InChI is InChI=1S/C24H31N5O2/c1-2-23-25-21(16-29(23)24(3-1)27-9-12-30-13-10-27)22-17-26(14-20-6-11-31-18-20)7-8-28(22)15-19-4-5-19/h1-3,6,11,16,18-19,22H,4-5,7-10,12-15,17H2/t22-/m1/s1. The Balaban J connectivity index is 1.29. The maximum atomic E-state index is 5.56. The highest BCUT2D eigenvalue weighted by atomic mass is 16.5. The molecule has 3 aromatic heterocycles. The van der Waals surface area contributed by atoms with E-state index in [1.54, 1.807) is 6.26 Å². The number of imidazole rings is 1. The zero-order valence-corrected chi connectivity index (χ0v) is 18.0. The van der Waals surface area contributed by atoms with E-state index in [-0.39, 0.29) is 0 Å². The van der Waals surface area contributed by atoms with Crippen LogP contribution in [-0.4, -0.2) is 71.7 Å². The minimum absolute atomic E-state index is 0.332. The Hall–Kier alpha value is -2.35. The first-order chi connectivity index (χ1) is 15.3. The normalized spacial score (nSPS) is 23.6. The number of rotatable bonds is 6. The zero-order chi connectivity index (χ0) is 20.6. The molecule has 0 spiro atoms. The predicted octanol–water partition coefficient (Wildman–Crippen LogP) is 3.03. The number of fused-ring (bicyclic) bond motifs is 1. The van der Waals surface area contributed by atoms with Gasteiger partial charge in [-0.15, -0.1) is 0 Å². The summed E-state index contributed by atoms with van der Waals surface area (Å²) in [6, 6.07) is 8.87. The van der Waals surface area contributed by atoms with Crippen LogP contribution in [0, 0.1) is 5.92 Å². The minimum Gasteiger partial charge on any atom is -0.472 e. The van der Waals surface area contributed by atoms with Gasteiger partial charge in [0.25, 0.3) is 0 Å². The summed E-state index contributed by atoms with van der Waals surface area (Å²) >= 11 is 0. The van der Waals surface area contributed by atoms with Gasteiger partial charge >= 0.3 is 0 Å². The van der Waals surface area contributed by atoms with E-state index >= 15 is 0 Å². The summed E-state index contributed by atoms with van der Waals surface area (Å²) in [6.07, 6.45) is 8.69. The van der Waals surface area contributed by atoms with E-state index in [0.29, 0.717) is 6.04 Å². The number of furan rings is 1. The lowest BCUT2D eigenvalue weighted by Crippen LogP contribution is -2.48. The lowest BCUT2D eigenvalue weighted by atomic mass is 10.1. The quantitative estimate of drug-likeness (QED) is 0.610. The number of nitrogens with zero attached hydrogens (tertiary/aromatic N) is 5. The average Bonchev–Trinajstić information content (AvgIpc) is 3.29. The first-order valence-electron chi connectivity index (χ1n) is 11.6. The summed E-state index contributed by atoms with van der Waals surface area (Å²) in [5, 5.41) is 0. The fourth-order valence-electron chi connectivity index (χ4n) is 5.02. The molecule has 1 saturated carbocycles. The summed E-state index contributed by atoms with van der Waals surface area (Å²) in [6.45, 7) is 8.80. The number of piperazine rings is 1. The van der Waals surface area contributed by atoms with E-state index in [4.69, 9.17) is 14.1 Å². The highest BCUT2D eigenvalue weighted by Crippen LogP contribution is 2.35. The second-order valence-electron chi connectivity index (χ2n) is 9.20. The smallest absolute Gasteiger partial charge is 0.138 e. The Labute approximate surface area is 183 Å². The van der Waals surface area contributed by atoms with Crippen LogP contribution in [0.15, 0.2) is 47.4 Å². The van der Waals surface area contributed by atoms with Crippen molar-refractivity contribution in [3.05, 3.63) is 54.2 Å². The van der Waals surface area contributed by atoms with Gasteiger partial charge in [0.2, 0.25) is 0 Å². The Morgan fingerprint density at radius 2 is 1.94 bits per heavy atom. The zero-order valence-electron chi connectivity index (χ0n) is 18.0. The lowest BCUT2D eigenvalue weighted by Gasteiger charge is -2.40. The number of pyridine rings is 1. The first kappa shape index (κ1) is 19.3. The molecule has 0 amide bonds. The van der Waals surface area contributed by atoms with Crippen LogP contribution in [0.25, 0.3) is 5.65 Å². The molecule has 1 atom stereocenters. The van der Waals surface area contributed by atoms with Gasteiger partial charge in [-0.1, -0.05) is 6.07 Å². The van der Waals surface area contributed by atoms with E-state index < -0.39 is 0 Å². The minimum atomic E-state index is 0.332. The van der Waals surface area contributed by atoms with Crippen LogP contribution >= 0.6 is 0 Å². The molecule has 7 heteroatoms. The molecule has 164 valence electrons. The SMILES string of the molecule is c1cc(N2CCOCC2)n2cc([C@H]3CN(Cc4ccoc4)CCN3CC3CC3)nc2c1. The molecule has 31 heavy (non-hydrogen) atoms. The van der Waals surface area contributed by atoms with Crippen molar-refractivity contribution >= 4 is 11.5 Å². The van der Waals surface area contributed by atoms with Gasteiger partial charge in [-0.3, -0.25) is 14.2 Å². The summed E-state index contributed by atoms with van der Waals surface area (Å²) in [5.74, 6) is 2.10. The molecule has 7 nitrogen and oxygen atoms in total. The number of morpholine rings is 1. The monoisotopic (exact) mass is 421 g/mol.